The smallest absolute Gasteiger partial charge is 0.433 e. The van der Waals surface area contributed by atoms with E-state index in [2.05, 4.69) is 14.3 Å². The molecule has 2 heterocycles. The molecule has 0 spiro atoms. The van der Waals surface area contributed by atoms with Crippen LogP contribution in [0.25, 0.3) is 0 Å². The van der Waals surface area contributed by atoms with Gasteiger partial charge in [0.05, 0.1) is 13.7 Å². The minimum atomic E-state index is -4.48. The molecule has 0 atom stereocenters. The van der Waals surface area contributed by atoms with E-state index in [0.29, 0.717) is 12.4 Å². The van der Waals surface area contributed by atoms with Crippen molar-refractivity contribution in [3.05, 3.63) is 28.9 Å². The van der Waals surface area contributed by atoms with Gasteiger partial charge in [0.25, 0.3) is 0 Å². The highest BCUT2D eigenvalue weighted by Crippen LogP contribution is 2.28. The predicted octanol–water partition coefficient (Wildman–Crippen LogP) is 2.60. The van der Waals surface area contributed by atoms with Gasteiger partial charge >= 0.3 is 6.18 Å². The number of nitrogens with zero attached hydrogens (tertiary/aromatic N) is 4. The highest BCUT2D eigenvalue weighted by Gasteiger charge is 2.33. The predicted molar refractivity (Wildman–Crippen MR) is 67.8 cm³/mol. The number of rotatable bonds is 4. The molecule has 0 aliphatic carbocycles. The van der Waals surface area contributed by atoms with E-state index in [9.17, 15) is 13.2 Å². The van der Waals surface area contributed by atoms with Crippen LogP contribution in [0.4, 0.5) is 19.1 Å². The lowest BCUT2D eigenvalue weighted by molar-refractivity contribution is -0.141. The summed E-state index contributed by atoms with van der Waals surface area (Å²) in [6.07, 6.45) is -3.39. The Labute approximate surface area is 117 Å². The molecule has 0 aliphatic rings. The van der Waals surface area contributed by atoms with Crippen LogP contribution >= 0.6 is 11.5 Å². The third-order valence-electron chi connectivity index (χ3n) is 2.41. The van der Waals surface area contributed by atoms with Crippen LogP contribution in [0.3, 0.4) is 0 Å². The molecule has 0 aromatic carbocycles. The van der Waals surface area contributed by atoms with Crippen LogP contribution < -0.4 is 9.64 Å². The summed E-state index contributed by atoms with van der Waals surface area (Å²) >= 11 is 1.21. The monoisotopic (exact) mass is 304 g/mol. The number of alkyl halides is 3. The fraction of sp³-hybridized carbons (Fsp3) is 0.364. The molecule has 0 radical (unpaired) electrons. The number of halogens is 3. The van der Waals surface area contributed by atoms with Gasteiger partial charge in [-0.05, 0) is 17.6 Å². The van der Waals surface area contributed by atoms with Gasteiger partial charge < -0.3 is 9.64 Å². The summed E-state index contributed by atoms with van der Waals surface area (Å²) in [5.41, 5.74) is -0.962. The average molecular weight is 304 g/mol. The maximum Gasteiger partial charge on any atom is 0.433 e. The van der Waals surface area contributed by atoms with Crippen LogP contribution in [0, 0.1) is 0 Å². The fourth-order valence-electron chi connectivity index (χ4n) is 1.46. The molecule has 2 aromatic rings. The van der Waals surface area contributed by atoms with Gasteiger partial charge in [-0.2, -0.15) is 17.5 Å². The van der Waals surface area contributed by atoms with Crippen LogP contribution in [0.5, 0.6) is 5.88 Å². The minimum Gasteiger partial charge on any atom is -0.480 e. The van der Waals surface area contributed by atoms with E-state index < -0.39 is 11.9 Å². The normalized spacial score (nSPS) is 11.4. The number of hydrogen-bond donors (Lipinski definition) is 0. The number of anilines is 1. The molecule has 0 fully saturated rings. The summed E-state index contributed by atoms with van der Waals surface area (Å²) in [4.78, 5) is 9.71. The Kier molecular flexibility index (Phi) is 4.07. The molecular formula is C11H11F3N4OS. The SMILES string of the molecule is COc1cc(CN(C)c2nccc(C(F)(F)F)n2)sn1. The Morgan fingerprint density at radius 2 is 2.15 bits per heavy atom. The van der Waals surface area contributed by atoms with Crippen LogP contribution in [-0.4, -0.2) is 28.5 Å². The summed E-state index contributed by atoms with van der Waals surface area (Å²) in [5, 5.41) is 0. The van der Waals surface area contributed by atoms with Gasteiger partial charge in [-0.3, -0.25) is 0 Å². The van der Waals surface area contributed by atoms with Crippen LogP contribution in [0.1, 0.15) is 10.6 Å². The molecule has 5 nitrogen and oxygen atoms in total. The zero-order valence-corrected chi connectivity index (χ0v) is 11.5. The van der Waals surface area contributed by atoms with E-state index in [0.717, 1.165) is 17.1 Å². The topological polar surface area (TPSA) is 51.1 Å². The van der Waals surface area contributed by atoms with Gasteiger partial charge in [0.1, 0.15) is 5.69 Å². The number of methoxy groups -OCH3 is 1. The molecule has 2 aromatic heterocycles. The second-order valence-electron chi connectivity index (χ2n) is 3.93. The molecule has 0 saturated carbocycles. The average Bonchev–Trinajstić information content (AvgIpc) is 2.85. The van der Waals surface area contributed by atoms with Crippen molar-refractivity contribution in [2.24, 2.45) is 0 Å². The molecule has 0 N–H and O–H groups in total. The van der Waals surface area contributed by atoms with E-state index in [1.807, 2.05) is 0 Å². The molecule has 20 heavy (non-hydrogen) atoms. The molecular weight excluding hydrogens is 293 g/mol. The quantitative estimate of drug-likeness (QED) is 0.869. The number of hydrogen-bond acceptors (Lipinski definition) is 6. The van der Waals surface area contributed by atoms with Crippen LogP contribution in [0.15, 0.2) is 18.3 Å². The summed E-state index contributed by atoms with van der Waals surface area (Å²) in [6, 6.07) is 2.56. The third-order valence-corrected chi connectivity index (χ3v) is 3.17. The lowest BCUT2D eigenvalue weighted by Gasteiger charge is -2.16. The van der Waals surface area contributed by atoms with E-state index in [1.165, 1.54) is 23.5 Å². The zero-order chi connectivity index (χ0) is 14.8. The lowest BCUT2D eigenvalue weighted by Crippen LogP contribution is -2.20. The van der Waals surface area contributed by atoms with Gasteiger partial charge in [0.15, 0.2) is 0 Å². The first-order chi connectivity index (χ1) is 9.40. The highest BCUT2D eigenvalue weighted by atomic mass is 32.1. The Balaban J connectivity index is 2.14. The summed E-state index contributed by atoms with van der Waals surface area (Å²) < 4.78 is 46.7. The van der Waals surface area contributed by atoms with E-state index in [-0.39, 0.29) is 5.95 Å². The molecule has 2 rings (SSSR count). The Morgan fingerprint density at radius 3 is 2.75 bits per heavy atom. The lowest BCUT2D eigenvalue weighted by atomic mass is 10.4. The Hall–Kier alpha value is -1.90. The molecule has 0 amide bonds. The third kappa shape index (κ3) is 3.35. The van der Waals surface area contributed by atoms with Crippen molar-refractivity contribution in [2.45, 2.75) is 12.7 Å². The van der Waals surface area contributed by atoms with E-state index >= 15 is 0 Å². The molecule has 0 saturated heterocycles. The molecule has 9 heteroatoms. The van der Waals surface area contributed by atoms with Crippen LogP contribution in [0.2, 0.25) is 0 Å². The first-order valence-electron chi connectivity index (χ1n) is 5.51. The Bertz CT molecular complexity index is 587. The highest BCUT2D eigenvalue weighted by molar-refractivity contribution is 7.05. The number of ether oxygens (including phenoxy) is 1. The Morgan fingerprint density at radius 1 is 1.40 bits per heavy atom. The van der Waals surface area contributed by atoms with Gasteiger partial charge in [-0.25, -0.2) is 9.97 Å². The van der Waals surface area contributed by atoms with Gasteiger partial charge in [-0.15, -0.1) is 0 Å². The number of aromatic nitrogens is 3. The van der Waals surface area contributed by atoms with Crippen molar-refractivity contribution in [3.8, 4) is 5.88 Å². The van der Waals surface area contributed by atoms with Crippen molar-refractivity contribution in [1.29, 1.82) is 0 Å². The standard InChI is InChI=1S/C11H11F3N4OS/c1-18(6-7-5-9(19-2)17-20-7)10-15-4-3-8(16-10)11(12,13)14/h3-5H,6H2,1-2H3. The molecule has 0 bridgehead atoms. The molecule has 0 aliphatic heterocycles. The largest absolute Gasteiger partial charge is 0.480 e. The van der Waals surface area contributed by atoms with Crippen molar-refractivity contribution in [2.75, 3.05) is 19.1 Å². The van der Waals surface area contributed by atoms with Crippen LogP contribution in [-0.2, 0) is 12.7 Å². The summed E-state index contributed by atoms with van der Waals surface area (Å²) in [5.74, 6) is 0.482. The minimum absolute atomic E-state index is 0.00666. The molecule has 0 unspecified atom stereocenters. The maximum absolute atomic E-state index is 12.6. The van der Waals surface area contributed by atoms with E-state index in [4.69, 9.17) is 4.74 Å². The van der Waals surface area contributed by atoms with Gasteiger partial charge in [0, 0.05) is 24.2 Å². The zero-order valence-electron chi connectivity index (χ0n) is 10.7. The summed E-state index contributed by atoms with van der Waals surface area (Å²) in [6.45, 7) is 0.350. The first kappa shape index (κ1) is 14.5. The maximum atomic E-state index is 12.6. The van der Waals surface area contributed by atoms with E-state index in [1.54, 1.807) is 13.1 Å². The van der Waals surface area contributed by atoms with Gasteiger partial charge in [0.2, 0.25) is 11.8 Å². The van der Waals surface area contributed by atoms with Gasteiger partial charge in [-0.1, -0.05) is 0 Å². The first-order valence-corrected chi connectivity index (χ1v) is 6.28. The van der Waals surface area contributed by atoms with Crippen molar-refractivity contribution < 1.29 is 17.9 Å². The van der Waals surface area contributed by atoms with Crippen molar-refractivity contribution in [1.82, 2.24) is 14.3 Å². The van der Waals surface area contributed by atoms with Crippen molar-refractivity contribution >= 4 is 17.5 Å². The second kappa shape index (κ2) is 5.61. The summed E-state index contributed by atoms with van der Waals surface area (Å²) in [7, 11) is 3.11. The fourth-order valence-corrected chi connectivity index (χ4v) is 2.20. The van der Waals surface area contributed by atoms with Crippen molar-refractivity contribution in [3.63, 3.8) is 0 Å². The molecule has 108 valence electrons. The second-order valence-corrected chi connectivity index (χ2v) is 4.82.